The van der Waals surface area contributed by atoms with Crippen molar-refractivity contribution in [3.8, 4) is 0 Å². The third kappa shape index (κ3) is 4.74. The van der Waals surface area contributed by atoms with Gasteiger partial charge in [-0.3, -0.25) is 9.10 Å². The third-order valence-corrected chi connectivity index (χ3v) is 4.52. The van der Waals surface area contributed by atoms with Gasteiger partial charge in [-0.05, 0) is 31.0 Å². The Morgan fingerprint density at radius 1 is 1.39 bits per heavy atom. The second-order valence-electron chi connectivity index (χ2n) is 5.27. The van der Waals surface area contributed by atoms with Crippen molar-refractivity contribution in [2.45, 2.75) is 25.1 Å². The molecular weight excluding hydrogens is 357 g/mol. The van der Waals surface area contributed by atoms with Crippen molar-refractivity contribution in [2.75, 3.05) is 17.1 Å². The molecule has 1 aromatic carbocycles. The fraction of sp³-hybridized carbons (Fsp3) is 0.462. The van der Waals surface area contributed by atoms with Gasteiger partial charge in [0.1, 0.15) is 6.54 Å². The SMILES string of the molecule is CS(=O)(=O)N(CC(=O)NC1CC1)c1ccc(Cl)cc1C(F)(F)F. The second kappa shape index (κ2) is 6.20. The van der Waals surface area contributed by atoms with Crippen LogP contribution in [0.2, 0.25) is 5.02 Å². The Morgan fingerprint density at radius 2 is 2.00 bits per heavy atom. The zero-order chi connectivity index (χ0) is 17.4. The van der Waals surface area contributed by atoms with Gasteiger partial charge in [0.15, 0.2) is 0 Å². The molecule has 1 amide bonds. The molecule has 23 heavy (non-hydrogen) atoms. The van der Waals surface area contributed by atoms with E-state index in [1.807, 2.05) is 0 Å². The first-order chi connectivity index (χ1) is 10.5. The zero-order valence-corrected chi connectivity index (χ0v) is 13.6. The second-order valence-corrected chi connectivity index (χ2v) is 7.61. The van der Waals surface area contributed by atoms with E-state index in [-0.39, 0.29) is 11.1 Å². The van der Waals surface area contributed by atoms with E-state index in [1.165, 1.54) is 0 Å². The van der Waals surface area contributed by atoms with Crippen molar-refractivity contribution in [3.05, 3.63) is 28.8 Å². The number of carbonyl (C=O) groups excluding carboxylic acids is 1. The fourth-order valence-electron chi connectivity index (χ4n) is 1.97. The first kappa shape index (κ1) is 17.9. The molecule has 5 nitrogen and oxygen atoms in total. The molecule has 1 fully saturated rings. The molecule has 0 unspecified atom stereocenters. The summed E-state index contributed by atoms with van der Waals surface area (Å²) in [6, 6.07) is 2.68. The van der Waals surface area contributed by atoms with Crippen molar-refractivity contribution < 1.29 is 26.4 Å². The van der Waals surface area contributed by atoms with Crippen LogP contribution in [0.15, 0.2) is 18.2 Å². The van der Waals surface area contributed by atoms with Crippen molar-refractivity contribution in [1.82, 2.24) is 5.32 Å². The van der Waals surface area contributed by atoms with E-state index < -0.39 is 39.9 Å². The minimum absolute atomic E-state index is 0.0313. The number of halogens is 4. The van der Waals surface area contributed by atoms with Gasteiger partial charge in [-0.2, -0.15) is 13.2 Å². The van der Waals surface area contributed by atoms with Gasteiger partial charge in [0.25, 0.3) is 0 Å². The van der Waals surface area contributed by atoms with Gasteiger partial charge in [-0.25, -0.2) is 8.42 Å². The van der Waals surface area contributed by atoms with Crippen LogP contribution < -0.4 is 9.62 Å². The van der Waals surface area contributed by atoms with E-state index in [4.69, 9.17) is 11.6 Å². The highest BCUT2D eigenvalue weighted by Crippen LogP contribution is 2.38. The standard InChI is InChI=1S/C13H14ClF3N2O3S/c1-23(21,22)19(7-12(20)18-9-3-4-9)11-5-2-8(14)6-10(11)13(15,16)17/h2,5-6,9H,3-4,7H2,1H3,(H,18,20). The van der Waals surface area contributed by atoms with Crippen LogP contribution >= 0.6 is 11.6 Å². The number of alkyl halides is 3. The average Bonchev–Trinajstić information content (AvgIpc) is 3.18. The van der Waals surface area contributed by atoms with Gasteiger partial charge in [-0.15, -0.1) is 0 Å². The molecule has 0 atom stereocenters. The first-order valence-electron chi connectivity index (χ1n) is 6.62. The third-order valence-electron chi connectivity index (χ3n) is 3.16. The monoisotopic (exact) mass is 370 g/mol. The predicted octanol–water partition coefficient (Wildman–Crippen LogP) is 2.40. The number of hydrogen-bond acceptors (Lipinski definition) is 3. The molecule has 0 radical (unpaired) electrons. The number of rotatable bonds is 5. The van der Waals surface area contributed by atoms with Crippen molar-refractivity contribution in [2.24, 2.45) is 0 Å². The summed E-state index contributed by atoms with van der Waals surface area (Å²) in [5, 5.41) is 2.36. The molecule has 1 aromatic rings. The number of anilines is 1. The number of amides is 1. The number of hydrogen-bond donors (Lipinski definition) is 1. The van der Waals surface area contributed by atoms with Crippen LogP contribution in [0.1, 0.15) is 18.4 Å². The number of nitrogens with zero attached hydrogens (tertiary/aromatic N) is 1. The maximum atomic E-state index is 13.2. The van der Waals surface area contributed by atoms with Gasteiger partial charge in [0.05, 0.1) is 17.5 Å². The van der Waals surface area contributed by atoms with Crippen molar-refractivity contribution in [1.29, 1.82) is 0 Å². The summed E-state index contributed by atoms with van der Waals surface area (Å²) in [5.74, 6) is -0.652. The van der Waals surface area contributed by atoms with Crippen LogP contribution in [-0.2, 0) is 21.0 Å². The van der Waals surface area contributed by atoms with Crippen LogP contribution in [0.3, 0.4) is 0 Å². The van der Waals surface area contributed by atoms with Crippen LogP contribution in [0.5, 0.6) is 0 Å². The molecule has 0 aliphatic heterocycles. The van der Waals surface area contributed by atoms with Crippen molar-refractivity contribution in [3.63, 3.8) is 0 Å². The topological polar surface area (TPSA) is 66.5 Å². The summed E-state index contributed by atoms with van der Waals surface area (Å²) in [4.78, 5) is 11.8. The molecule has 2 rings (SSSR count). The largest absolute Gasteiger partial charge is 0.418 e. The van der Waals surface area contributed by atoms with Crippen LogP contribution in [0, 0.1) is 0 Å². The molecule has 0 bridgehead atoms. The lowest BCUT2D eigenvalue weighted by atomic mass is 10.1. The van der Waals surface area contributed by atoms with E-state index in [9.17, 15) is 26.4 Å². The van der Waals surface area contributed by atoms with E-state index >= 15 is 0 Å². The number of carbonyl (C=O) groups is 1. The number of benzene rings is 1. The Morgan fingerprint density at radius 3 is 2.48 bits per heavy atom. The average molecular weight is 371 g/mol. The maximum absolute atomic E-state index is 13.2. The number of sulfonamides is 1. The van der Waals surface area contributed by atoms with Crippen LogP contribution in [0.25, 0.3) is 0 Å². The molecular formula is C13H14ClF3N2O3S. The molecule has 0 heterocycles. The molecule has 128 valence electrons. The zero-order valence-electron chi connectivity index (χ0n) is 12.0. The molecule has 0 aromatic heterocycles. The summed E-state index contributed by atoms with van der Waals surface area (Å²) in [6.07, 6.45) is -2.51. The smallest absolute Gasteiger partial charge is 0.352 e. The summed E-state index contributed by atoms with van der Waals surface area (Å²) < 4.78 is 63.7. The fourth-order valence-corrected chi connectivity index (χ4v) is 3.01. The normalized spacial score (nSPS) is 15.3. The highest BCUT2D eigenvalue weighted by Gasteiger charge is 2.37. The minimum Gasteiger partial charge on any atom is -0.352 e. The summed E-state index contributed by atoms with van der Waals surface area (Å²) >= 11 is 5.58. The quantitative estimate of drug-likeness (QED) is 0.865. The Balaban J connectivity index is 2.41. The predicted molar refractivity (Wildman–Crippen MR) is 79.8 cm³/mol. The Bertz CT molecular complexity index is 718. The highest BCUT2D eigenvalue weighted by atomic mass is 35.5. The Labute approximate surface area is 136 Å². The van der Waals surface area contributed by atoms with Gasteiger partial charge in [0.2, 0.25) is 15.9 Å². The van der Waals surface area contributed by atoms with E-state index in [0.29, 0.717) is 10.4 Å². The van der Waals surface area contributed by atoms with Crippen LogP contribution in [-0.4, -0.2) is 33.2 Å². The van der Waals surface area contributed by atoms with Gasteiger partial charge < -0.3 is 5.32 Å². The van der Waals surface area contributed by atoms with Crippen molar-refractivity contribution >= 4 is 33.2 Å². The lowest BCUT2D eigenvalue weighted by Crippen LogP contribution is -2.41. The van der Waals surface area contributed by atoms with E-state index in [0.717, 1.165) is 31.2 Å². The maximum Gasteiger partial charge on any atom is 0.418 e. The molecule has 1 aliphatic rings. The van der Waals surface area contributed by atoms with Gasteiger partial charge in [0, 0.05) is 11.1 Å². The lowest BCUT2D eigenvalue weighted by Gasteiger charge is -2.25. The molecule has 1 aliphatic carbocycles. The van der Waals surface area contributed by atoms with Gasteiger partial charge >= 0.3 is 6.18 Å². The first-order valence-corrected chi connectivity index (χ1v) is 8.85. The molecule has 0 saturated heterocycles. The lowest BCUT2D eigenvalue weighted by molar-refractivity contribution is -0.137. The Kier molecular flexibility index (Phi) is 4.81. The number of nitrogens with one attached hydrogen (secondary N) is 1. The molecule has 1 saturated carbocycles. The molecule has 0 spiro atoms. The summed E-state index contributed by atoms with van der Waals surface area (Å²) in [7, 11) is -4.09. The Hall–Kier alpha value is -1.48. The molecule has 1 N–H and O–H groups in total. The summed E-state index contributed by atoms with van der Waals surface area (Å²) in [5.41, 5.74) is -1.84. The van der Waals surface area contributed by atoms with E-state index in [2.05, 4.69) is 5.32 Å². The van der Waals surface area contributed by atoms with E-state index in [1.54, 1.807) is 0 Å². The highest BCUT2D eigenvalue weighted by molar-refractivity contribution is 7.92. The summed E-state index contributed by atoms with van der Waals surface area (Å²) in [6.45, 7) is -0.722. The molecule has 10 heteroatoms. The van der Waals surface area contributed by atoms with Crippen LogP contribution in [0.4, 0.5) is 18.9 Å². The minimum atomic E-state index is -4.81. The van der Waals surface area contributed by atoms with Gasteiger partial charge in [-0.1, -0.05) is 11.6 Å².